The molecule has 0 spiro atoms. The Bertz CT molecular complexity index is 934. The van der Waals surface area contributed by atoms with Crippen LogP contribution in [0, 0.1) is 0 Å². The summed E-state index contributed by atoms with van der Waals surface area (Å²) in [5.41, 5.74) is 2.33. The molecule has 0 bridgehead atoms. The van der Waals surface area contributed by atoms with E-state index in [0.717, 1.165) is 17.1 Å². The van der Waals surface area contributed by atoms with E-state index >= 15 is 0 Å². The molecule has 2 aromatic carbocycles. The highest BCUT2D eigenvalue weighted by Gasteiger charge is 2.21. The number of carbonyl (C=O) groups is 1. The Kier molecular flexibility index (Phi) is 7.07. The Morgan fingerprint density at radius 3 is 2.43 bits per heavy atom. The molecule has 0 radical (unpaired) electrons. The van der Waals surface area contributed by atoms with Gasteiger partial charge in [-0.1, -0.05) is 67.5 Å². The van der Waals surface area contributed by atoms with Crippen LogP contribution in [0.25, 0.3) is 6.08 Å². The van der Waals surface area contributed by atoms with Crippen LogP contribution in [0.5, 0.6) is 11.5 Å². The molecule has 1 heterocycles. The van der Waals surface area contributed by atoms with Crippen LogP contribution in [0.4, 0.5) is 0 Å². The number of ether oxygens (including phenoxy) is 2. The average molecular weight is 440 g/mol. The van der Waals surface area contributed by atoms with Crippen molar-refractivity contribution in [2.45, 2.75) is 38.0 Å². The minimum Gasteiger partial charge on any atom is -0.490 e. The zero-order valence-corrected chi connectivity index (χ0v) is 18.4. The standard InChI is InChI=1S/C24H25NO3S2/c26-23-22(30-24(29)25-23)16-17-5-4-8-21(15-17)28-14-13-27-20-11-9-19(10-12-20)18-6-2-1-3-7-18/h4-5,8-12,15-16,18H,1-3,6-7,13-14H2,(H,25,26,29). The van der Waals surface area contributed by atoms with Gasteiger partial charge in [0, 0.05) is 0 Å². The fraction of sp³-hybridized carbons (Fsp3) is 0.333. The predicted octanol–water partition coefficient (Wildman–Crippen LogP) is 5.68. The zero-order chi connectivity index (χ0) is 20.8. The molecule has 156 valence electrons. The number of hydrogen-bond acceptors (Lipinski definition) is 5. The Balaban J connectivity index is 1.25. The molecule has 2 fully saturated rings. The maximum Gasteiger partial charge on any atom is 0.263 e. The van der Waals surface area contributed by atoms with Crippen LogP contribution in [0.15, 0.2) is 53.4 Å². The van der Waals surface area contributed by atoms with E-state index in [9.17, 15) is 4.79 Å². The normalized spacial score (nSPS) is 18.5. The first-order valence-corrected chi connectivity index (χ1v) is 11.6. The quantitative estimate of drug-likeness (QED) is 0.342. The highest BCUT2D eigenvalue weighted by molar-refractivity contribution is 8.26. The van der Waals surface area contributed by atoms with E-state index in [2.05, 4.69) is 29.6 Å². The van der Waals surface area contributed by atoms with Gasteiger partial charge in [0.15, 0.2) is 0 Å². The number of benzene rings is 2. The maximum absolute atomic E-state index is 11.8. The molecule has 4 rings (SSSR count). The fourth-order valence-corrected chi connectivity index (χ4v) is 4.90. The van der Waals surface area contributed by atoms with Crippen molar-refractivity contribution in [3.63, 3.8) is 0 Å². The second-order valence-electron chi connectivity index (χ2n) is 7.53. The number of nitrogens with one attached hydrogen (secondary N) is 1. The lowest BCUT2D eigenvalue weighted by Crippen LogP contribution is -2.17. The molecular formula is C24H25NO3S2. The van der Waals surface area contributed by atoms with Gasteiger partial charge >= 0.3 is 0 Å². The van der Waals surface area contributed by atoms with Crippen LogP contribution in [0.3, 0.4) is 0 Å². The lowest BCUT2D eigenvalue weighted by Gasteiger charge is -2.22. The Morgan fingerprint density at radius 1 is 1.00 bits per heavy atom. The SMILES string of the molecule is O=C1NC(=S)SC1=Cc1cccc(OCCOc2ccc(C3CCCCC3)cc2)c1. The van der Waals surface area contributed by atoms with E-state index in [0.29, 0.717) is 28.4 Å². The zero-order valence-electron chi connectivity index (χ0n) is 16.8. The van der Waals surface area contributed by atoms with Gasteiger partial charge in [0.25, 0.3) is 5.91 Å². The van der Waals surface area contributed by atoms with Crippen LogP contribution >= 0.6 is 24.0 Å². The van der Waals surface area contributed by atoms with E-state index in [4.69, 9.17) is 21.7 Å². The summed E-state index contributed by atoms with van der Waals surface area (Å²) >= 11 is 6.29. The van der Waals surface area contributed by atoms with E-state index in [1.165, 1.54) is 49.4 Å². The van der Waals surface area contributed by atoms with Crippen LogP contribution in [0.1, 0.15) is 49.1 Å². The Labute approximate surface area is 187 Å². The van der Waals surface area contributed by atoms with Gasteiger partial charge in [-0.3, -0.25) is 4.79 Å². The second-order valence-corrected chi connectivity index (χ2v) is 9.24. The third-order valence-electron chi connectivity index (χ3n) is 5.38. The van der Waals surface area contributed by atoms with Crippen LogP contribution in [-0.4, -0.2) is 23.4 Å². The molecule has 0 atom stereocenters. The molecule has 2 aliphatic rings. The fourth-order valence-electron chi connectivity index (χ4n) is 3.86. The number of rotatable bonds is 7. The first-order valence-electron chi connectivity index (χ1n) is 10.4. The summed E-state index contributed by atoms with van der Waals surface area (Å²) in [6.45, 7) is 0.921. The summed E-state index contributed by atoms with van der Waals surface area (Å²) in [6.07, 6.45) is 8.49. The highest BCUT2D eigenvalue weighted by atomic mass is 32.2. The number of carbonyl (C=O) groups excluding carboxylic acids is 1. The van der Waals surface area contributed by atoms with E-state index in [1.807, 2.05) is 30.3 Å². The van der Waals surface area contributed by atoms with Crippen molar-refractivity contribution in [3.05, 3.63) is 64.6 Å². The average Bonchev–Trinajstić information content (AvgIpc) is 3.09. The van der Waals surface area contributed by atoms with Gasteiger partial charge in [-0.15, -0.1) is 0 Å². The first-order chi connectivity index (χ1) is 14.7. The molecule has 0 unspecified atom stereocenters. The number of amides is 1. The monoisotopic (exact) mass is 439 g/mol. The van der Waals surface area contributed by atoms with E-state index in [1.54, 1.807) is 0 Å². The molecule has 4 nitrogen and oxygen atoms in total. The lowest BCUT2D eigenvalue weighted by atomic mass is 9.84. The van der Waals surface area contributed by atoms with Crippen molar-refractivity contribution >= 4 is 40.3 Å². The molecule has 1 saturated carbocycles. The van der Waals surface area contributed by atoms with E-state index < -0.39 is 0 Å². The topological polar surface area (TPSA) is 47.6 Å². The molecule has 1 aliphatic heterocycles. The van der Waals surface area contributed by atoms with Crippen molar-refractivity contribution in [3.8, 4) is 11.5 Å². The Morgan fingerprint density at radius 2 is 1.73 bits per heavy atom. The molecule has 0 aromatic heterocycles. The summed E-state index contributed by atoms with van der Waals surface area (Å²) in [5, 5.41) is 2.62. The molecule has 1 aliphatic carbocycles. The summed E-state index contributed by atoms with van der Waals surface area (Å²) in [5.74, 6) is 2.17. The smallest absolute Gasteiger partial charge is 0.263 e. The van der Waals surface area contributed by atoms with Crippen molar-refractivity contribution in [1.29, 1.82) is 0 Å². The first kappa shape index (κ1) is 20.9. The third kappa shape index (κ3) is 5.64. The number of thiocarbonyl (C=S) groups is 1. The van der Waals surface area contributed by atoms with Gasteiger partial charge in [-0.25, -0.2) is 0 Å². The second kappa shape index (κ2) is 10.1. The summed E-state index contributed by atoms with van der Waals surface area (Å²) in [6, 6.07) is 16.2. The third-order valence-corrected chi connectivity index (χ3v) is 6.54. The molecule has 6 heteroatoms. The number of hydrogen-bond donors (Lipinski definition) is 1. The molecule has 1 N–H and O–H groups in total. The maximum atomic E-state index is 11.8. The van der Waals surface area contributed by atoms with Crippen molar-refractivity contribution in [1.82, 2.24) is 5.32 Å². The van der Waals surface area contributed by atoms with Crippen molar-refractivity contribution in [2.75, 3.05) is 13.2 Å². The molecule has 2 aromatic rings. The summed E-state index contributed by atoms with van der Waals surface area (Å²) < 4.78 is 12.1. The van der Waals surface area contributed by atoms with Gasteiger partial charge in [0.05, 0.1) is 4.91 Å². The lowest BCUT2D eigenvalue weighted by molar-refractivity contribution is -0.115. The van der Waals surface area contributed by atoms with Crippen molar-refractivity contribution in [2.24, 2.45) is 0 Å². The van der Waals surface area contributed by atoms with Gasteiger partial charge in [-0.2, -0.15) is 0 Å². The molecule has 30 heavy (non-hydrogen) atoms. The summed E-state index contributed by atoms with van der Waals surface area (Å²) in [4.78, 5) is 12.4. The van der Waals surface area contributed by atoms with Crippen LogP contribution < -0.4 is 14.8 Å². The molecule has 1 amide bonds. The van der Waals surface area contributed by atoms with Gasteiger partial charge in [0.1, 0.15) is 29.0 Å². The van der Waals surface area contributed by atoms with E-state index in [-0.39, 0.29) is 5.91 Å². The van der Waals surface area contributed by atoms with Crippen LogP contribution in [0.2, 0.25) is 0 Å². The van der Waals surface area contributed by atoms with Gasteiger partial charge in [-0.05, 0) is 60.2 Å². The summed E-state index contributed by atoms with van der Waals surface area (Å²) in [7, 11) is 0. The Hall–Kier alpha value is -2.31. The number of thioether (sulfide) groups is 1. The minimum absolute atomic E-state index is 0.153. The molecular weight excluding hydrogens is 414 g/mol. The van der Waals surface area contributed by atoms with Crippen molar-refractivity contribution < 1.29 is 14.3 Å². The van der Waals surface area contributed by atoms with Crippen LogP contribution in [-0.2, 0) is 4.79 Å². The van der Waals surface area contributed by atoms with Gasteiger partial charge in [0.2, 0.25) is 0 Å². The molecule has 1 saturated heterocycles. The highest BCUT2D eigenvalue weighted by Crippen LogP contribution is 2.33. The predicted molar refractivity (Wildman–Crippen MR) is 126 cm³/mol. The largest absolute Gasteiger partial charge is 0.490 e. The minimum atomic E-state index is -0.153. The van der Waals surface area contributed by atoms with Gasteiger partial charge < -0.3 is 14.8 Å².